The smallest absolute Gasteiger partial charge is 0.255 e. The van der Waals surface area contributed by atoms with Crippen LogP contribution in [0, 0.1) is 0 Å². The van der Waals surface area contributed by atoms with Crippen LogP contribution in [-0.4, -0.2) is 32.9 Å². The van der Waals surface area contributed by atoms with Gasteiger partial charge in [-0.15, -0.1) is 11.3 Å². The largest absolute Gasteiger partial charge is 0.365 e. The number of thiophene rings is 1. The van der Waals surface area contributed by atoms with Crippen molar-refractivity contribution in [2.75, 3.05) is 5.32 Å². The molecule has 154 valence electrons. The van der Waals surface area contributed by atoms with Gasteiger partial charge in [0.25, 0.3) is 5.91 Å². The van der Waals surface area contributed by atoms with E-state index in [4.69, 9.17) is 10.7 Å². The van der Waals surface area contributed by atoms with E-state index in [-0.39, 0.29) is 23.5 Å². The molecule has 1 saturated carbocycles. The van der Waals surface area contributed by atoms with Crippen LogP contribution in [0.5, 0.6) is 0 Å². The lowest BCUT2D eigenvalue weighted by Crippen LogP contribution is -2.40. The third-order valence-electron chi connectivity index (χ3n) is 5.25. The summed E-state index contributed by atoms with van der Waals surface area (Å²) >= 11 is 1.65. The van der Waals surface area contributed by atoms with Crippen LogP contribution in [0.1, 0.15) is 56.8 Å². The van der Waals surface area contributed by atoms with E-state index in [2.05, 4.69) is 37.5 Å². The number of rotatable bonds is 4. The third kappa shape index (κ3) is 4.31. The molecule has 3 heterocycles. The molecule has 1 aliphatic carbocycles. The number of carbonyl (C=O) groups is 1. The van der Waals surface area contributed by atoms with Crippen LogP contribution >= 0.6 is 11.3 Å². The SMILES string of the molecule is CC(C)(C)Nc1c(-c2cccs2)nc2c(C(=O)NC3CCC(N)CC3)cccn12. The zero-order valence-corrected chi connectivity index (χ0v) is 18.1. The highest BCUT2D eigenvalue weighted by atomic mass is 32.1. The van der Waals surface area contributed by atoms with Gasteiger partial charge in [0.05, 0.1) is 10.4 Å². The standard InChI is InChI=1S/C22H29N5OS/c1-22(2,3)26-20-18(17-7-5-13-29-17)25-19-16(6-4-12-27(19)20)21(28)24-15-10-8-14(23)9-11-15/h4-7,12-15,26H,8-11,23H2,1-3H3,(H,24,28). The van der Waals surface area contributed by atoms with Crippen LogP contribution in [0.25, 0.3) is 16.2 Å². The maximum Gasteiger partial charge on any atom is 0.255 e. The van der Waals surface area contributed by atoms with Gasteiger partial charge in [-0.05, 0) is 70.0 Å². The Morgan fingerprint density at radius 3 is 2.62 bits per heavy atom. The Labute approximate surface area is 175 Å². The van der Waals surface area contributed by atoms with Crippen LogP contribution in [-0.2, 0) is 0 Å². The van der Waals surface area contributed by atoms with Gasteiger partial charge in [-0.1, -0.05) is 6.07 Å². The second-order valence-corrected chi connectivity index (χ2v) is 9.81. The van der Waals surface area contributed by atoms with E-state index in [1.807, 2.05) is 34.2 Å². The van der Waals surface area contributed by atoms with Crippen LogP contribution < -0.4 is 16.4 Å². The van der Waals surface area contributed by atoms with Gasteiger partial charge < -0.3 is 16.4 Å². The molecular formula is C22H29N5OS. The van der Waals surface area contributed by atoms with Gasteiger partial charge >= 0.3 is 0 Å². The van der Waals surface area contributed by atoms with Gasteiger partial charge in [0.1, 0.15) is 11.5 Å². The second-order valence-electron chi connectivity index (χ2n) is 8.86. The molecule has 0 bridgehead atoms. The first-order valence-electron chi connectivity index (χ1n) is 10.2. The Hall–Kier alpha value is -2.38. The van der Waals surface area contributed by atoms with Crippen molar-refractivity contribution >= 4 is 28.7 Å². The maximum absolute atomic E-state index is 13.1. The molecule has 1 aliphatic rings. The Morgan fingerprint density at radius 2 is 1.97 bits per heavy atom. The normalized spacial score (nSPS) is 20.0. The number of pyridine rings is 1. The van der Waals surface area contributed by atoms with E-state index in [0.29, 0.717) is 11.2 Å². The number of anilines is 1. The first-order chi connectivity index (χ1) is 13.8. The van der Waals surface area contributed by atoms with Gasteiger partial charge in [-0.25, -0.2) is 4.98 Å². The fourth-order valence-electron chi connectivity index (χ4n) is 3.83. The molecule has 0 atom stereocenters. The number of nitrogens with one attached hydrogen (secondary N) is 2. The lowest BCUT2D eigenvalue weighted by Gasteiger charge is -2.26. The summed E-state index contributed by atoms with van der Waals surface area (Å²) < 4.78 is 1.99. The van der Waals surface area contributed by atoms with Crippen molar-refractivity contribution in [1.82, 2.24) is 14.7 Å². The summed E-state index contributed by atoms with van der Waals surface area (Å²) in [6, 6.07) is 8.29. The summed E-state index contributed by atoms with van der Waals surface area (Å²) in [7, 11) is 0. The van der Waals surface area contributed by atoms with Crippen molar-refractivity contribution in [3.63, 3.8) is 0 Å². The minimum atomic E-state index is -0.138. The lowest BCUT2D eigenvalue weighted by molar-refractivity contribution is 0.0927. The average Bonchev–Trinajstić information content (AvgIpc) is 3.30. The van der Waals surface area contributed by atoms with Gasteiger partial charge in [-0.3, -0.25) is 9.20 Å². The number of nitrogens with zero attached hydrogens (tertiary/aromatic N) is 2. The summed E-state index contributed by atoms with van der Waals surface area (Å²) in [5.41, 5.74) is 8.01. The second kappa shape index (κ2) is 7.80. The van der Waals surface area contributed by atoms with Crippen molar-refractivity contribution in [3.8, 4) is 10.6 Å². The molecule has 0 radical (unpaired) electrons. The summed E-state index contributed by atoms with van der Waals surface area (Å²) in [4.78, 5) is 19.1. The molecule has 1 amide bonds. The molecule has 4 rings (SSSR count). The maximum atomic E-state index is 13.1. The molecule has 4 N–H and O–H groups in total. The first-order valence-corrected chi connectivity index (χ1v) is 11.1. The molecule has 29 heavy (non-hydrogen) atoms. The molecular weight excluding hydrogens is 382 g/mol. The number of carbonyl (C=O) groups excluding carboxylic acids is 1. The lowest BCUT2D eigenvalue weighted by atomic mass is 9.91. The number of aromatic nitrogens is 2. The zero-order chi connectivity index (χ0) is 20.6. The fraction of sp³-hybridized carbons (Fsp3) is 0.455. The summed E-state index contributed by atoms with van der Waals surface area (Å²) in [5.74, 6) is 0.842. The van der Waals surface area contributed by atoms with E-state index < -0.39 is 0 Å². The summed E-state index contributed by atoms with van der Waals surface area (Å²) in [6.45, 7) is 6.36. The Bertz CT molecular complexity index is 994. The van der Waals surface area contributed by atoms with Gasteiger partial charge in [0.15, 0.2) is 5.65 Å². The molecule has 0 saturated heterocycles. The van der Waals surface area contributed by atoms with Crippen molar-refractivity contribution in [3.05, 3.63) is 41.4 Å². The number of fused-ring (bicyclic) bond motifs is 1. The van der Waals surface area contributed by atoms with Crippen molar-refractivity contribution in [2.24, 2.45) is 5.73 Å². The third-order valence-corrected chi connectivity index (χ3v) is 6.13. The molecule has 7 heteroatoms. The number of hydrogen-bond donors (Lipinski definition) is 3. The number of amides is 1. The van der Waals surface area contributed by atoms with E-state index in [1.54, 1.807) is 11.3 Å². The first kappa shape index (κ1) is 19.9. The van der Waals surface area contributed by atoms with Gasteiger partial charge in [0, 0.05) is 23.8 Å². The molecule has 3 aromatic rings. The average molecular weight is 412 g/mol. The Morgan fingerprint density at radius 1 is 1.21 bits per heavy atom. The highest BCUT2D eigenvalue weighted by Gasteiger charge is 2.25. The summed E-state index contributed by atoms with van der Waals surface area (Å²) in [6.07, 6.45) is 5.74. The molecule has 0 aliphatic heterocycles. The number of imidazole rings is 1. The minimum absolute atomic E-state index is 0.0684. The monoisotopic (exact) mass is 411 g/mol. The molecule has 0 aromatic carbocycles. The van der Waals surface area contributed by atoms with Crippen LogP contribution in [0.4, 0.5) is 5.82 Å². The Kier molecular flexibility index (Phi) is 5.36. The van der Waals surface area contributed by atoms with Crippen LogP contribution in [0.2, 0.25) is 0 Å². The number of nitrogens with two attached hydrogens (primary N) is 1. The molecule has 1 fully saturated rings. The van der Waals surface area contributed by atoms with Crippen molar-refractivity contribution < 1.29 is 4.79 Å². The number of hydrogen-bond acceptors (Lipinski definition) is 5. The minimum Gasteiger partial charge on any atom is -0.365 e. The highest BCUT2D eigenvalue weighted by molar-refractivity contribution is 7.13. The predicted molar refractivity (Wildman–Crippen MR) is 120 cm³/mol. The predicted octanol–water partition coefficient (Wildman–Crippen LogP) is 4.27. The van der Waals surface area contributed by atoms with E-state index in [0.717, 1.165) is 42.1 Å². The quantitative estimate of drug-likeness (QED) is 0.598. The molecule has 6 nitrogen and oxygen atoms in total. The molecule has 0 spiro atoms. The molecule has 0 unspecified atom stereocenters. The topological polar surface area (TPSA) is 84.5 Å². The zero-order valence-electron chi connectivity index (χ0n) is 17.2. The molecule has 3 aromatic heterocycles. The highest BCUT2D eigenvalue weighted by Crippen LogP contribution is 2.34. The van der Waals surface area contributed by atoms with E-state index >= 15 is 0 Å². The van der Waals surface area contributed by atoms with Crippen molar-refractivity contribution in [2.45, 2.75) is 64.1 Å². The van der Waals surface area contributed by atoms with E-state index in [1.165, 1.54) is 0 Å². The van der Waals surface area contributed by atoms with Crippen LogP contribution in [0.15, 0.2) is 35.8 Å². The van der Waals surface area contributed by atoms with Crippen LogP contribution in [0.3, 0.4) is 0 Å². The fourth-order valence-corrected chi connectivity index (χ4v) is 4.55. The van der Waals surface area contributed by atoms with Gasteiger partial charge in [-0.2, -0.15) is 0 Å². The van der Waals surface area contributed by atoms with E-state index in [9.17, 15) is 4.79 Å². The van der Waals surface area contributed by atoms with Crippen molar-refractivity contribution in [1.29, 1.82) is 0 Å². The van der Waals surface area contributed by atoms with Gasteiger partial charge in [0.2, 0.25) is 0 Å². The summed E-state index contributed by atoms with van der Waals surface area (Å²) in [5, 5.41) is 8.81. The Balaban J connectivity index is 1.72.